The summed E-state index contributed by atoms with van der Waals surface area (Å²) in [5.41, 5.74) is 0.359. The molecule has 164 valence electrons. The van der Waals surface area contributed by atoms with Crippen LogP contribution >= 0.6 is 0 Å². The molecule has 0 bridgehead atoms. The van der Waals surface area contributed by atoms with Crippen LogP contribution in [0.25, 0.3) is 11.4 Å². The lowest BCUT2D eigenvalue weighted by Crippen LogP contribution is -2.31. The van der Waals surface area contributed by atoms with Gasteiger partial charge in [-0.25, -0.2) is 22.5 Å². The van der Waals surface area contributed by atoms with Crippen LogP contribution in [0, 0.1) is 5.82 Å². The highest BCUT2D eigenvalue weighted by atomic mass is 32.2. The number of halogens is 1. The van der Waals surface area contributed by atoms with E-state index in [1.165, 1.54) is 0 Å². The van der Waals surface area contributed by atoms with Crippen LogP contribution in [0.5, 0.6) is 5.75 Å². The molecular weight excluding hydrogens is 425 g/mol. The summed E-state index contributed by atoms with van der Waals surface area (Å²) in [4.78, 5) is 16.5. The van der Waals surface area contributed by atoms with E-state index in [0.29, 0.717) is 17.4 Å². The summed E-state index contributed by atoms with van der Waals surface area (Å²) in [6, 6.07) is 9.82. The lowest BCUT2D eigenvalue weighted by molar-refractivity contribution is 0.0945. The molecule has 9 nitrogen and oxygen atoms in total. The molecule has 31 heavy (non-hydrogen) atoms. The minimum absolute atomic E-state index is 0.0529. The lowest BCUT2D eigenvalue weighted by Gasteiger charge is -2.11. The Morgan fingerprint density at radius 1 is 1.19 bits per heavy atom. The van der Waals surface area contributed by atoms with E-state index in [9.17, 15) is 17.6 Å². The van der Waals surface area contributed by atoms with Gasteiger partial charge in [0.05, 0.1) is 24.1 Å². The number of sulfonamides is 1. The minimum Gasteiger partial charge on any atom is -0.497 e. The maximum atomic E-state index is 14.2. The Labute approximate surface area is 179 Å². The Balaban J connectivity index is 1.71. The molecule has 0 fully saturated rings. The van der Waals surface area contributed by atoms with Crippen LogP contribution in [0.1, 0.15) is 30.0 Å². The van der Waals surface area contributed by atoms with E-state index in [2.05, 4.69) is 25.2 Å². The summed E-state index contributed by atoms with van der Waals surface area (Å²) in [7, 11) is -2.30. The zero-order valence-electron chi connectivity index (χ0n) is 17.1. The Morgan fingerprint density at radius 2 is 1.90 bits per heavy atom. The number of carbonyl (C=O) groups is 1. The molecule has 0 aliphatic heterocycles. The monoisotopic (exact) mass is 447 g/mol. The number of rotatable bonds is 8. The Hall–Kier alpha value is -3.31. The first-order valence-electron chi connectivity index (χ1n) is 9.35. The van der Waals surface area contributed by atoms with Crippen molar-refractivity contribution in [1.82, 2.24) is 25.2 Å². The van der Waals surface area contributed by atoms with Gasteiger partial charge >= 0.3 is 0 Å². The average molecular weight is 447 g/mol. The molecule has 1 aromatic heterocycles. The van der Waals surface area contributed by atoms with Gasteiger partial charge in [-0.2, -0.15) is 5.10 Å². The normalized spacial score (nSPS) is 11.5. The molecule has 0 saturated carbocycles. The molecule has 0 aliphatic rings. The van der Waals surface area contributed by atoms with Crippen LogP contribution in [0.3, 0.4) is 0 Å². The predicted octanol–water partition coefficient (Wildman–Crippen LogP) is 2.24. The maximum absolute atomic E-state index is 14.2. The van der Waals surface area contributed by atoms with Gasteiger partial charge in [0, 0.05) is 11.6 Å². The number of nitrogens with zero attached hydrogens (tertiary/aromatic N) is 2. The van der Waals surface area contributed by atoms with Crippen molar-refractivity contribution < 1.29 is 22.3 Å². The molecule has 0 saturated heterocycles. The highest BCUT2D eigenvalue weighted by Crippen LogP contribution is 2.19. The molecule has 1 heterocycles. The number of methoxy groups -OCH3 is 1. The number of hydrogen-bond donors (Lipinski definition) is 3. The predicted molar refractivity (Wildman–Crippen MR) is 111 cm³/mol. The molecule has 11 heteroatoms. The van der Waals surface area contributed by atoms with Crippen LogP contribution in [-0.4, -0.2) is 42.7 Å². The zero-order chi connectivity index (χ0) is 22.6. The first-order valence-corrected chi connectivity index (χ1v) is 10.8. The SMILES string of the molecule is COc1ccc(-c2n[nH]c(CNC(=O)c3cc(S(=O)(=O)NC(C)C)ccc3F)n2)cc1. The van der Waals surface area contributed by atoms with Crippen LogP contribution in [-0.2, 0) is 16.6 Å². The number of H-pyrrole nitrogens is 1. The molecule has 3 rings (SSSR count). The largest absolute Gasteiger partial charge is 0.497 e. The van der Waals surface area contributed by atoms with Gasteiger partial charge in [-0.3, -0.25) is 9.89 Å². The fourth-order valence-electron chi connectivity index (χ4n) is 2.73. The molecule has 3 N–H and O–H groups in total. The van der Waals surface area contributed by atoms with Gasteiger partial charge in [0.25, 0.3) is 5.91 Å². The third kappa shape index (κ3) is 5.44. The highest BCUT2D eigenvalue weighted by Gasteiger charge is 2.20. The summed E-state index contributed by atoms with van der Waals surface area (Å²) in [6.45, 7) is 3.27. The van der Waals surface area contributed by atoms with E-state index in [1.54, 1.807) is 45.2 Å². The van der Waals surface area contributed by atoms with Crippen molar-refractivity contribution in [2.45, 2.75) is 31.3 Å². The standard InChI is InChI=1S/C20H22FN5O4S/c1-12(2)26-31(28,29)15-8-9-17(21)16(10-15)20(27)22-11-18-23-19(25-24-18)13-4-6-14(30-3)7-5-13/h4-10,12,26H,11H2,1-3H3,(H,22,27)(H,23,24,25). The second kappa shape index (κ2) is 9.23. The van der Waals surface area contributed by atoms with E-state index in [4.69, 9.17) is 4.74 Å². The molecule has 0 aliphatic carbocycles. The van der Waals surface area contributed by atoms with Crippen molar-refractivity contribution in [3.8, 4) is 17.1 Å². The van der Waals surface area contributed by atoms with E-state index >= 15 is 0 Å². The van der Waals surface area contributed by atoms with Crippen molar-refractivity contribution in [2.75, 3.05) is 7.11 Å². The van der Waals surface area contributed by atoms with Crippen molar-refractivity contribution in [1.29, 1.82) is 0 Å². The maximum Gasteiger partial charge on any atom is 0.254 e. The van der Waals surface area contributed by atoms with Crippen LogP contribution < -0.4 is 14.8 Å². The molecule has 3 aromatic rings. The van der Waals surface area contributed by atoms with E-state index in [1.807, 2.05) is 0 Å². The summed E-state index contributed by atoms with van der Waals surface area (Å²) in [6.07, 6.45) is 0. The summed E-state index contributed by atoms with van der Waals surface area (Å²) in [5.74, 6) is -0.142. The third-order valence-electron chi connectivity index (χ3n) is 4.18. The fraction of sp³-hybridized carbons (Fsp3) is 0.250. The van der Waals surface area contributed by atoms with Gasteiger partial charge in [-0.05, 0) is 56.3 Å². The number of benzene rings is 2. The Morgan fingerprint density at radius 3 is 2.55 bits per heavy atom. The number of amides is 1. The van der Waals surface area contributed by atoms with Crippen molar-refractivity contribution in [3.05, 3.63) is 59.7 Å². The van der Waals surface area contributed by atoms with Crippen LogP contribution in [0.15, 0.2) is 47.4 Å². The van der Waals surface area contributed by atoms with Crippen LogP contribution in [0.2, 0.25) is 0 Å². The van der Waals surface area contributed by atoms with Gasteiger partial charge in [-0.15, -0.1) is 0 Å². The summed E-state index contributed by atoms with van der Waals surface area (Å²) < 4.78 is 46.2. The third-order valence-corrected chi connectivity index (χ3v) is 5.84. The number of aromatic nitrogens is 3. The van der Waals surface area contributed by atoms with Gasteiger partial charge < -0.3 is 10.1 Å². The van der Waals surface area contributed by atoms with Crippen molar-refractivity contribution in [3.63, 3.8) is 0 Å². The van der Waals surface area contributed by atoms with Gasteiger partial charge in [-0.1, -0.05) is 0 Å². The molecule has 2 aromatic carbocycles. The minimum atomic E-state index is -3.87. The Bertz CT molecular complexity index is 1180. The van der Waals surface area contributed by atoms with Crippen molar-refractivity contribution >= 4 is 15.9 Å². The fourth-order valence-corrected chi connectivity index (χ4v) is 4.00. The van der Waals surface area contributed by atoms with Gasteiger partial charge in [0.2, 0.25) is 10.0 Å². The molecule has 0 radical (unpaired) electrons. The van der Waals surface area contributed by atoms with E-state index in [0.717, 1.165) is 23.8 Å². The molecule has 0 atom stereocenters. The van der Waals surface area contributed by atoms with Gasteiger partial charge in [0.15, 0.2) is 5.82 Å². The first kappa shape index (κ1) is 22.4. The quantitative estimate of drug-likeness (QED) is 0.486. The van der Waals surface area contributed by atoms with Crippen molar-refractivity contribution in [2.24, 2.45) is 0 Å². The number of carbonyl (C=O) groups excluding carboxylic acids is 1. The second-order valence-electron chi connectivity index (χ2n) is 6.93. The Kier molecular flexibility index (Phi) is 6.66. The lowest BCUT2D eigenvalue weighted by atomic mass is 10.2. The number of hydrogen-bond acceptors (Lipinski definition) is 6. The smallest absolute Gasteiger partial charge is 0.254 e. The van der Waals surface area contributed by atoms with E-state index < -0.39 is 21.7 Å². The van der Waals surface area contributed by atoms with Crippen LogP contribution in [0.4, 0.5) is 4.39 Å². The average Bonchev–Trinajstić information content (AvgIpc) is 3.20. The second-order valence-corrected chi connectivity index (χ2v) is 8.65. The molecular formula is C20H22FN5O4S. The highest BCUT2D eigenvalue weighted by molar-refractivity contribution is 7.89. The van der Waals surface area contributed by atoms with E-state index in [-0.39, 0.29) is 23.0 Å². The number of nitrogens with one attached hydrogen (secondary N) is 3. The number of aromatic amines is 1. The van der Waals surface area contributed by atoms with Gasteiger partial charge in [0.1, 0.15) is 17.4 Å². The molecule has 0 spiro atoms. The topological polar surface area (TPSA) is 126 Å². The summed E-state index contributed by atoms with van der Waals surface area (Å²) >= 11 is 0. The molecule has 0 unspecified atom stereocenters. The number of ether oxygens (including phenoxy) is 1. The first-order chi connectivity index (χ1) is 14.7. The summed E-state index contributed by atoms with van der Waals surface area (Å²) in [5, 5.41) is 9.31. The molecule has 1 amide bonds. The zero-order valence-corrected chi connectivity index (χ0v) is 18.0.